The Morgan fingerprint density at radius 1 is 0.973 bits per heavy atom. The van der Waals surface area contributed by atoms with Crippen LogP contribution in [0, 0.1) is 6.92 Å². The number of carbonyl (C=O) groups excluding carboxylic acids is 2. The van der Waals surface area contributed by atoms with Gasteiger partial charge in [-0.25, -0.2) is 8.42 Å². The molecule has 0 saturated carbocycles. The molecule has 0 fully saturated rings. The molecule has 196 valence electrons. The molecule has 3 rings (SSSR count). The van der Waals surface area contributed by atoms with E-state index in [2.05, 4.69) is 5.32 Å². The summed E-state index contributed by atoms with van der Waals surface area (Å²) in [4.78, 5) is 28.1. The molecule has 2 amide bonds. The molecule has 8 nitrogen and oxygen atoms in total. The SMILES string of the molecule is CCNC(=O)C(C)N(Cc1ccccc1C)C(=O)CN(c1cccc(OC)c1)S(=O)(=O)c1ccccc1. The van der Waals surface area contributed by atoms with Gasteiger partial charge in [0, 0.05) is 19.2 Å². The van der Waals surface area contributed by atoms with Crippen LogP contribution in [0.1, 0.15) is 25.0 Å². The number of rotatable bonds is 11. The highest BCUT2D eigenvalue weighted by Crippen LogP contribution is 2.27. The first kappa shape index (κ1) is 27.7. The van der Waals surface area contributed by atoms with E-state index >= 15 is 0 Å². The zero-order valence-electron chi connectivity index (χ0n) is 21.5. The summed E-state index contributed by atoms with van der Waals surface area (Å²) in [6.07, 6.45) is 0. The Kier molecular flexibility index (Phi) is 9.30. The smallest absolute Gasteiger partial charge is 0.264 e. The van der Waals surface area contributed by atoms with Crippen molar-refractivity contribution in [2.24, 2.45) is 0 Å². The highest BCUT2D eigenvalue weighted by molar-refractivity contribution is 7.92. The predicted octanol–water partition coefficient (Wildman–Crippen LogP) is 3.75. The molecule has 0 radical (unpaired) electrons. The molecule has 0 aromatic heterocycles. The fourth-order valence-electron chi connectivity index (χ4n) is 3.89. The lowest BCUT2D eigenvalue weighted by Crippen LogP contribution is -2.51. The van der Waals surface area contributed by atoms with E-state index in [1.165, 1.54) is 24.1 Å². The number of aryl methyl sites for hydroxylation is 1. The quantitative estimate of drug-likeness (QED) is 0.413. The molecule has 1 N–H and O–H groups in total. The summed E-state index contributed by atoms with van der Waals surface area (Å²) in [5.74, 6) is -0.377. The largest absolute Gasteiger partial charge is 0.497 e. The second kappa shape index (κ2) is 12.4. The molecule has 0 heterocycles. The molecule has 0 aliphatic carbocycles. The second-order valence-electron chi connectivity index (χ2n) is 8.54. The number of benzene rings is 3. The van der Waals surface area contributed by atoms with Crippen LogP contribution >= 0.6 is 0 Å². The highest BCUT2D eigenvalue weighted by Gasteiger charge is 2.32. The average Bonchev–Trinajstić information content (AvgIpc) is 2.91. The maximum Gasteiger partial charge on any atom is 0.264 e. The molecule has 1 atom stereocenters. The number of hydrogen-bond donors (Lipinski definition) is 1. The Morgan fingerprint density at radius 3 is 2.30 bits per heavy atom. The van der Waals surface area contributed by atoms with E-state index in [1.54, 1.807) is 56.3 Å². The third-order valence-corrected chi connectivity index (χ3v) is 7.86. The molecule has 3 aromatic rings. The first-order chi connectivity index (χ1) is 17.7. The number of methoxy groups -OCH3 is 1. The Balaban J connectivity index is 2.05. The third-order valence-electron chi connectivity index (χ3n) is 6.07. The van der Waals surface area contributed by atoms with Gasteiger partial charge in [-0.05, 0) is 56.2 Å². The maximum atomic E-state index is 13.8. The lowest BCUT2D eigenvalue weighted by Gasteiger charge is -2.32. The number of anilines is 1. The molecule has 0 aliphatic rings. The number of amides is 2. The molecule has 9 heteroatoms. The number of sulfonamides is 1. The molecule has 0 bridgehead atoms. The number of carbonyl (C=O) groups is 2. The van der Waals surface area contributed by atoms with Gasteiger partial charge in [-0.2, -0.15) is 0 Å². The molecular weight excluding hydrogens is 490 g/mol. The third kappa shape index (κ3) is 6.68. The Labute approximate surface area is 218 Å². The number of likely N-dealkylation sites (N-methyl/N-ethyl adjacent to an activating group) is 1. The van der Waals surface area contributed by atoms with Gasteiger partial charge in [0.05, 0.1) is 17.7 Å². The van der Waals surface area contributed by atoms with E-state index in [-0.39, 0.29) is 23.0 Å². The summed E-state index contributed by atoms with van der Waals surface area (Å²) in [6, 6.07) is 21.2. The second-order valence-corrected chi connectivity index (χ2v) is 10.4. The molecule has 0 aliphatic heterocycles. The highest BCUT2D eigenvalue weighted by atomic mass is 32.2. The topological polar surface area (TPSA) is 96.0 Å². The minimum absolute atomic E-state index is 0.0489. The van der Waals surface area contributed by atoms with Crippen LogP contribution in [-0.4, -0.2) is 51.4 Å². The standard InChI is InChI=1S/C28H33N3O5S/c1-5-29-28(33)22(3)30(19-23-13-10-9-12-21(23)2)27(32)20-31(24-14-11-15-25(18-24)36-4)37(34,35)26-16-7-6-8-17-26/h6-18,22H,5,19-20H2,1-4H3,(H,29,33). The predicted molar refractivity (Wildman–Crippen MR) is 144 cm³/mol. The van der Waals surface area contributed by atoms with Crippen molar-refractivity contribution in [2.45, 2.75) is 38.3 Å². The summed E-state index contributed by atoms with van der Waals surface area (Å²) >= 11 is 0. The van der Waals surface area contributed by atoms with Crippen molar-refractivity contribution in [1.29, 1.82) is 0 Å². The minimum atomic E-state index is -4.12. The van der Waals surface area contributed by atoms with Gasteiger partial charge in [-0.1, -0.05) is 48.5 Å². The van der Waals surface area contributed by atoms with Crippen LogP contribution in [0.4, 0.5) is 5.69 Å². The summed E-state index contributed by atoms with van der Waals surface area (Å²) in [6.45, 7) is 5.43. The van der Waals surface area contributed by atoms with E-state index in [1.807, 2.05) is 31.2 Å². The van der Waals surface area contributed by atoms with Crippen molar-refractivity contribution >= 4 is 27.5 Å². The lowest BCUT2D eigenvalue weighted by molar-refractivity contribution is -0.139. The van der Waals surface area contributed by atoms with Crippen molar-refractivity contribution in [2.75, 3.05) is 24.5 Å². The van der Waals surface area contributed by atoms with E-state index in [0.29, 0.717) is 12.3 Å². The van der Waals surface area contributed by atoms with Crippen molar-refractivity contribution in [3.05, 3.63) is 90.0 Å². The van der Waals surface area contributed by atoms with Crippen molar-refractivity contribution in [1.82, 2.24) is 10.2 Å². The molecular formula is C28H33N3O5S. The molecule has 37 heavy (non-hydrogen) atoms. The van der Waals surface area contributed by atoms with Crippen LogP contribution in [0.3, 0.4) is 0 Å². The number of hydrogen-bond acceptors (Lipinski definition) is 5. The molecule has 0 spiro atoms. The Morgan fingerprint density at radius 2 is 1.65 bits per heavy atom. The normalized spacial score (nSPS) is 11.9. The van der Waals surface area contributed by atoms with Crippen LogP contribution in [0.25, 0.3) is 0 Å². The van der Waals surface area contributed by atoms with E-state index in [0.717, 1.165) is 15.4 Å². The number of nitrogens with zero attached hydrogens (tertiary/aromatic N) is 2. The van der Waals surface area contributed by atoms with Gasteiger partial charge in [-0.3, -0.25) is 13.9 Å². The van der Waals surface area contributed by atoms with E-state index in [4.69, 9.17) is 4.74 Å². The first-order valence-corrected chi connectivity index (χ1v) is 13.5. The summed E-state index contributed by atoms with van der Waals surface area (Å²) in [5, 5.41) is 2.76. The van der Waals surface area contributed by atoms with Gasteiger partial charge < -0.3 is 15.0 Å². The summed E-state index contributed by atoms with van der Waals surface area (Å²) in [7, 11) is -2.63. The number of nitrogens with one attached hydrogen (secondary N) is 1. The van der Waals surface area contributed by atoms with E-state index < -0.39 is 28.5 Å². The van der Waals surface area contributed by atoms with Gasteiger partial charge in [0.25, 0.3) is 10.0 Å². The van der Waals surface area contributed by atoms with E-state index in [9.17, 15) is 18.0 Å². The molecule has 0 saturated heterocycles. The number of ether oxygens (including phenoxy) is 1. The summed E-state index contributed by atoms with van der Waals surface area (Å²) in [5.41, 5.74) is 2.11. The van der Waals surface area contributed by atoms with Gasteiger partial charge in [0.1, 0.15) is 18.3 Å². The zero-order valence-corrected chi connectivity index (χ0v) is 22.4. The molecule has 3 aromatic carbocycles. The minimum Gasteiger partial charge on any atom is -0.497 e. The van der Waals surface area contributed by atoms with Gasteiger partial charge in [0.2, 0.25) is 11.8 Å². The zero-order chi connectivity index (χ0) is 27.0. The van der Waals surface area contributed by atoms with Gasteiger partial charge in [-0.15, -0.1) is 0 Å². The van der Waals surface area contributed by atoms with Crippen molar-refractivity contribution < 1.29 is 22.7 Å². The first-order valence-electron chi connectivity index (χ1n) is 12.0. The Hall–Kier alpha value is -3.85. The van der Waals surface area contributed by atoms with Crippen LogP contribution < -0.4 is 14.4 Å². The van der Waals surface area contributed by atoms with Crippen molar-refractivity contribution in [3.63, 3.8) is 0 Å². The molecule has 1 unspecified atom stereocenters. The van der Waals surface area contributed by atoms with Crippen LogP contribution in [0.2, 0.25) is 0 Å². The fraction of sp³-hybridized carbons (Fsp3) is 0.286. The van der Waals surface area contributed by atoms with Gasteiger partial charge >= 0.3 is 0 Å². The average molecular weight is 524 g/mol. The lowest BCUT2D eigenvalue weighted by atomic mass is 10.1. The Bertz CT molecular complexity index is 1330. The van der Waals surface area contributed by atoms with Crippen molar-refractivity contribution in [3.8, 4) is 5.75 Å². The van der Waals surface area contributed by atoms with Crippen LogP contribution in [0.15, 0.2) is 83.8 Å². The summed E-state index contributed by atoms with van der Waals surface area (Å²) < 4.78 is 33.8. The van der Waals surface area contributed by atoms with Crippen LogP contribution in [-0.2, 0) is 26.2 Å². The monoisotopic (exact) mass is 523 g/mol. The fourth-order valence-corrected chi connectivity index (χ4v) is 5.32. The van der Waals surface area contributed by atoms with Gasteiger partial charge in [0.15, 0.2) is 0 Å². The maximum absolute atomic E-state index is 13.8. The van der Waals surface area contributed by atoms with Crippen LogP contribution in [0.5, 0.6) is 5.75 Å².